The number of benzene rings is 3. The summed E-state index contributed by atoms with van der Waals surface area (Å²) in [4.78, 5) is 29.2. The summed E-state index contributed by atoms with van der Waals surface area (Å²) >= 11 is 0. The maximum Gasteiger partial charge on any atom is 0.253 e. The van der Waals surface area contributed by atoms with Crippen LogP contribution in [0.2, 0.25) is 0 Å². The van der Waals surface area contributed by atoms with Crippen molar-refractivity contribution < 1.29 is 19.4 Å². The quantitative estimate of drug-likeness (QED) is 0.190. The third kappa shape index (κ3) is 10.8. The SMILES string of the molecule is CCCN(CCC)C(=O)c1cc(CC(C)C)cc(C(=O)N[C@@H](Cc2ccccc2)[C@H](O)CNCc2cccc(OC)c2)c1. The topological polar surface area (TPSA) is 90.9 Å². The molecule has 7 nitrogen and oxygen atoms in total. The van der Waals surface area contributed by atoms with Gasteiger partial charge in [0.2, 0.25) is 0 Å². The molecule has 0 fully saturated rings. The maximum absolute atomic E-state index is 13.8. The van der Waals surface area contributed by atoms with Gasteiger partial charge in [-0.15, -0.1) is 0 Å². The van der Waals surface area contributed by atoms with Crippen LogP contribution >= 0.6 is 0 Å². The Balaban J connectivity index is 1.83. The fourth-order valence-electron chi connectivity index (χ4n) is 5.27. The molecule has 2 amide bonds. The number of aliphatic hydroxyl groups excluding tert-OH is 1. The number of methoxy groups -OCH3 is 1. The van der Waals surface area contributed by atoms with Gasteiger partial charge in [0.25, 0.3) is 11.8 Å². The summed E-state index contributed by atoms with van der Waals surface area (Å²) < 4.78 is 5.31. The highest BCUT2D eigenvalue weighted by molar-refractivity contribution is 6.00. The number of nitrogens with zero attached hydrogens (tertiary/aromatic N) is 1. The molecule has 3 aromatic carbocycles. The summed E-state index contributed by atoms with van der Waals surface area (Å²) in [6.07, 6.45) is 2.12. The van der Waals surface area contributed by atoms with Crippen molar-refractivity contribution in [3.05, 3.63) is 101 Å². The molecule has 43 heavy (non-hydrogen) atoms. The van der Waals surface area contributed by atoms with Gasteiger partial charge in [0.1, 0.15) is 5.75 Å². The molecule has 0 saturated heterocycles. The second-order valence-electron chi connectivity index (χ2n) is 11.6. The minimum absolute atomic E-state index is 0.0500. The first-order valence-electron chi connectivity index (χ1n) is 15.5. The molecule has 0 saturated carbocycles. The number of hydrogen-bond acceptors (Lipinski definition) is 5. The van der Waals surface area contributed by atoms with Crippen LogP contribution in [0.15, 0.2) is 72.8 Å². The monoisotopic (exact) mass is 587 g/mol. The number of nitrogens with one attached hydrogen (secondary N) is 2. The average Bonchev–Trinajstić information content (AvgIpc) is 3.00. The van der Waals surface area contributed by atoms with Gasteiger partial charge >= 0.3 is 0 Å². The number of rotatable bonds is 17. The molecule has 2 atom stereocenters. The standard InChI is InChI=1S/C36H49N3O4/c1-6-16-39(17-7-2)36(42)31-20-29(18-26(3)4)19-30(23-31)35(41)38-33(22-27-12-9-8-10-13-27)34(40)25-37-24-28-14-11-15-32(21-28)43-5/h8-15,19-21,23,26,33-34,37,40H,6-7,16-18,22,24-25H2,1-5H3,(H,38,41)/t33-,34+/m0/s1. The van der Waals surface area contributed by atoms with Crippen molar-refractivity contribution in [2.75, 3.05) is 26.7 Å². The molecule has 0 heterocycles. The minimum atomic E-state index is -0.848. The van der Waals surface area contributed by atoms with Gasteiger partial charge in [-0.2, -0.15) is 0 Å². The number of carbonyl (C=O) groups is 2. The molecule has 0 aliphatic rings. The van der Waals surface area contributed by atoms with Crippen LogP contribution in [0.4, 0.5) is 0 Å². The normalized spacial score (nSPS) is 12.5. The predicted octanol–water partition coefficient (Wildman–Crippen LogP) is 5.65. The van der Waals surface area contributed by atoms with Crippen LogP contribution in [-0.4, -0.2) is 60.7 Å². The molecule has 3 N–H and O–H groups in total. The van der Waals surface area contributed by atoms with Crippen molar-refractivity contribution in [2.45, 2.75) is 72.1 Å². The van der Waals surface area contributed by atoms with Gasteiger partial charge in [-0.25, -0.2) is 0 Å². The van der Waals surface area contributed by atoms with Crippen molar-refractivity contribution >= 4 is 11.8 Å². The van der Waals surface area contributed by atoms with Crippen LogP contribution in [0.25, 0.3) is 0 Å². The van der Waals surface area contributed by atoms with E-state index in [-0.39, 0.29) is 18.4 Å². The van der Waals surface area contributed by atoms with Crippen molar-refractivity contribution in [1.29, 1.82) is 0 Å². The molecular weight excluding hydrogens is 538 g/mol. The highest BCUT2D eigenvalue weighted by atomic mass is 16.5. The van der Waals surface area contributed by atoms with Crippen LogP contribution in [0.3, 0.4) is 0 Å². The molecule has 232 valence electrons. The first kappa shape index (κ1) is 33.8. The van der Waals surface area contributed by atoms with E-state index in [1.54, 1.807) is 13.2 Å². The number of hydrogen-bond donors (Lipinski definition) is 3. The molecule has 0 aromatic heterocycles. The molecule has 0 radical (unpaired) electrons. The van der Waals surface area contributed by atoms with Crippen LogP contribution in [0, 0.1) is 5.92 Å². The minimum Gasteiger partial charge on any atom is -0.497 e. The predicted molar refractivity (Wildman–Crippen MR) is 174 cm³/mol. The zero-order valence-electron chi connectivity index (χ0n) is 26.4. The molecular formula is C36H49N3O4. The second-order valence-corrected chi connectivity index (χ2v) is 11.6. The molecule has 0 aliphatic carbocycles. The van der Waals surface area contributed by atoms with E-state index in [2.05, 4.69) is 38.3 Å². The smallest absolute Gasteiger partial charge is 0.253 e. The number of carbonyl (C=O) groups excluding carboxylic acids is 2. The Bertz CT molecular complexity index is 1290. The summed E-state index contributed by atoms with van der Waals surface area (Å²) in [5.41, 5.74) is 3.97. The molecule has 3 aromatic rings. The Labute approximate surface area is 257 Å². The van der Waals surface area contributed by atoms with Crippen molar-refractivity contribution in [1.82, 2.24) is 15.5 Å². The average molecular weight is 588 g/mol. The third-order valence-electron chi connectivity index (χ3n) is 7.32. The van der Waals surface area contributed by atoms with E-state index in [1.807, 2.05) is 71.6 Å². The first-order chi connectivity index (χ1) is 20.7. The van der Waals surface area contributed by atoms with Gasteiger partial charge in [-0.3, -0.25) is 9.59 Å². The van der Waals surface area contributed by atoms with Gasteiger partial charge < -0.3 is 25.4 Å². The van der Waals surface area contributed by atoms with Gasteiger partial charge in [0.05, 0.1) is 19.3 Å². The largest absolute Gasteiger partial charge is 0.497 e. The lowest BCUT2D eigenvalue weighted by atomic mass is 9.96. The van der Waals surface area contributed by atoms with Crippen molar-refractivity contribution in [2.24, 2.45) is 5.92 Å². The second kappa shape index (κ2) is 17.4. The summed E-state index contributed by atoms with van der Waals surface area (Å²) in [5.74, 6) is 0.794. The Morgan fingerprint density at radius 2 is 1.51 bits per heavy atom. The highest BCUT2D eigenvalue weighted by Crippen LogP contribution is 2.18. The van der Waals surface area contributed by atoms with Crippen LogP contribution < -0.4 is 15.4 Å². The fourth-order valence-corrected chi connectivity index (χ4v) is 5.27. The van der Waals surface area contributed by atoms with Gasteiger partial charge in [-0.05, 0) is 78.6 Å². The van der Waals surface area contributed by atoms with E-state index in [0.29, 0.717) is 43.1 Å². The van der Waals surface area contributed by atoms with E-state index >= 15 is 0 Å². The Kier molecular flexibility index (Phi) is 13.7. The number of amides is 2. The Morgan fingerprint density at radius 3 is 2.16 bits per heavy atom. The van der Waals surface area contributed by atoms with E-state index in [1.165, 1.54) is 0 Å². The lowest BCUT2D eigenvalue weighted by molar-refractivity contribution is 0.0755. The molecule has 7 heteroatoms. The van der Waals surface area contributed by atoms with Crippen molar-refractivity contribution in [3.8, 4) is 5.75 Å². The van der Waals surface area contributed by atoms with Crippen molar-refractivity contribution in [3.63, 3.8) is 0 Å². The van der Waals surface area contributed by atoms with Crippen LogP contribution in [0.5, 0.6) is 5.75 Å². The lowest BCUT2D eigenvalue weighted by Gasteiger charge is -2.26. The zero-order chi connectivity index (χ0) is 31.2. The lowest BCUT2D eigenvalue weighted by Crippen LogP contribution is -2.48. The van der Waals surface area contributed by atoms with Gasteiger partial charge in [0, 0.05) is 37.3 Å². The fraction of sp³-hybridized carbons (Fsp3) is 0.444. The number of ether oxygens (including phenoxy) is 1. The first-order valence-corrected chi connectivity index (χ1v) is 15.5. The van der Waals surface area contributed by atoms with E-state index in [0.717, 1.165) is 41.7 Å². The number of aliphatic hydroxyl groups is 1. The summed E-state index contributed by atoms with van der Waals surface area (Å²) in [5, 5.41) is 17.7. The summed E-state index contributed by atoms with van der Waals surface area (Å²) in [6, 6.07) is 22.6. The van der Waals surface area contributed by atoms with Crippen LogP contribution in [0.1, 0.15) is 77.9 Å². The van der Waals surface area contributed by atoms with E-state index in [9.17, 15) is 14.7 Å². The van der Waals surface area contributed by atoms with E-state index in [4.69, 9.17) is 4.74 Å². The molecule has 0 aliphatic heterocycles. The molecule has 0 bridgehead atoms. The molecule has 0 unspecified atom stereocenters. The molecule has 3 rings (SSSR count). The Hall–Kier alpha value is -3.68. The van der Waals surface area contributed by atoms with E-state index < -0.39 is 12.1 Å². The third-order valence-corrected chi connectivity index (χ3v) is 7.32. The summed E-state index contributed by atoms with van der Waals surface area (Å²) in [6.45, 7) is 10.6. The highest BCUT2D eigenvalue weighted by Gasteiger charge is 2.24. The van der Waals surface area contributed by atoms with Gasteiger partial charge in [0.15, 0.2) is 0 Å². The van der Waals surface area contributed by atoms with Gasteiger partial charge in [-0.1, -0.05) is 70.2 Å². The summed E-state index contributed by atoms with van der Waals surface area (Å²) in [7, 11) is 1.64. The Morgan fingerprint density at radius 1 is 0.837 bits per heavy atom. The zero-order valence-corrected chi connectivity index (χ0v) is 26.4. The maximum atomic E-state index is 13.8. The molecule has 0 spiro atoms. The van der Waals surface area contributed by atoms with Crippen LogP contribution in [-0.2, 0) is 19.4 Å².